The van der Waals surface area contributed by atoms with Crippen molar-refractivity contribution in [2.24, 2.45) is 0 Å². The van der Waals surface area contributed by atoms with Gasteiger partial charge in [-0.1, -0.05) is 29.8 Å². The van der Waals surface area contributed by atoms with Crippen molar-refractivity contribution in [1.29, 1.82) is 0 Å². The van der Waals surface area contributed by atoms with E-state index in [9.17, 15) is 9.90 Å². The lowest BCUT2D eigenvalue weighted by molar-refractivity contribution is -0.144. The summed E-state index contributed by atoms with van der Waals surface area (Å²) in [6.07, 6.45) is 0.463. The van der Waals surface area contributed by atoms with Crippen LogP contribution in [0.1, 0.15) is 31.7 Å². The minimum Gasteiger partial charge on any atom is -0.480 e. The zero-order valence-corrected chi connectivity index (χ0v) is 12.4. The van der Waals surface area contributed by atoms with Crippen LogP contribution in [0.25, 0.3) is 11.5 Å². The molecule has 0 aliphatic carbocycles. The van der Waals surface area contributed by atoms with Crippen molar-refractivity contribution in [2.75, 3.05) is 0 Å². The Labute approximate surface area is 123 Å². The fraction of sp³-hybridized carbons (Fsp3) is 0.400. The average Bonchev–Trinajstić information content (AvgIpc) is 2.94. The number of carboxylic acids is 1. The summed E-state index contributed by atoms with van der Waals surface area (Å²) in [5.41, 5.74) is 1.00. The van der Waals surface area contributed by atoms with E-state index in [1.54, 1.807) is 6.92 Å². The largest absolute Gasteiger partial charge is 0.480 e. The number of hydrogen-bond acceptors (Lipinski definition) is 5. The van der Waals surface area contributed by atoms with E-state index in [0.29, 0.717) is 18.1 Å². The number of carboxylic acid groups (broad SMARTS) is 1. The quantitative estimate of drug-likeness (QED) is 0.849. The lowest BCUT2D eigenvalue weighted by Crippen LogP contribution is -2.48. The van der Waals surface area contributed by atoms with Gasteiger partial charge in [0, 0.05) is 5.56 Å². The van der Waals surface area contributed by atoms with Crippen LogP contribution in [0.3, 0.4) is 0 Å². The summed E-state index contributed by atoms with van der Waals surface area (Å²) in [6.45, 7) is 5.70. The monoisotopic (exact) mass is 289 g/mol. The van der Waals surface area contributed by atoms with Crippen LogP contribution in [-0.2, 0) is 11.3 Å². The third kappa shape index (κ3) is 3.46. The molecule has 6 nitrogen and oxygen atoms in total. The third-order valence-corrected chi connectivity index (χ3v) is 3.58. The zero-order valence-electron chi connectivity index (χ0n) is 12.4. The van der Waals surface area contributed by atoms with Crippen molar-refractivity contribution in [1.82, 2.24) is 15.5 Å². The fourth-order valence-electron chi connectivity index (χ4n) is 1.77. The highest BCUT2D eigenvalue weighted by Gasteiger charge is 2.30. The molecule has 1 atom stereocenters. The molecule has 1 heterocycles. The van der Waals surface area contributed by atoms with Crippen LogP contribution in [0.15, 0.2) is 28.8 Å². The lowest BCUT2D eigenvalue weighted by Gasteiger charge is -2.23. The Morgan fingerprint density at radius 3 is 2.62 bits per heavy atom. The minimum absolute atomic E-state index is 0.242. The molecule has 0 aliphatic heterocycles. The number of carbonyl (C=O) groups is 1. The number of aryl methyl sites for hydroxylation is 1. The number of nitrogens with zero attached hydrogens (tertiary/aromatic N) is 2. The van der Waals surface area contributed by atoms with Crippen molar-refractivity contribution in [3.05, 3.63) is 35.7 Å². The van der Waals surface area contributed by atoms with Crippen LogP contribution >= 0.6 is 0 Å². The Bertz CT molecular complexity index is 621. The van der Waals surface area contributed by atoms with E-state index in [2.05, 4.69) is 15.5 Å². The third-order valence-electron chi connectivity index (χ3n) is 3.58. The van der Waals surface area contributed by atoms with E-state index < -0.39 is 11.5 Å². The highest BCUT2D eigenvalue weighted by atomic mass is 16.5. The van der Waals surface area contributed by atoms with Gasteiger partial charge in [0.05, 0.1) is 6.54 Å². The van der Waals surface area contributed by atoms with Crippen molar-refractivity contribution in [2.45, 2.75) is 39.3 Å². The topological polar surface area (TPSA) is 88.3 Å². The highest BCUT2D eigenvalue weighted by molar-refractivity contribution is 5.78. The fourth-order valence-corrected chi connectivity index (χ4v) is 1.77. The smallest absolute Gasteiger partial charge is 0.323 e. The van der Waals surface area contributed by atoms with Gasteiger partial charge in [0.1, 0.15) is 5.54 Å². The molecular formula is C15H19N3O3. The van der Waals surface area contributed by atoms with E-state index in [1.165, 1.54) is 0 Å². The predicted molar refractivity (Wildman–Crippen MR) is 77.6 cm³/mol. The van der Waals surface area contributed by atoms with Crippen LogP contribution < -0.4 is 5.32 Å². The minimum atomic E-state index is -0.995. The first-order valence-electron chi connectivity index (χ1n) is 6.82. The molecule has 0 spiro atoms. The maximum atomic E-state index is 11.2. The van der Waals surface area contributed by atoms with Gasteiger partial charge in [-0.15, -0.1) is 0 Å². The van der Waals surface area contributed by atoms with Crippen LogP contribution in [0.4, 0.5) is 0 Å². The van der Waals surface area contributed by atoms with Crippen molar-refractivity contribution in [3.63, 3.8) is 0 Å². The molecule has 6 heteroatoms. The van der Waals surface area contributed by atoms with Crippen molar-refractivity contribution >= 4 is 5.97 Å². The van der Waals surface area contributed by atoms with E-state index in [-0.39, 0.29) is 6.54 Å². The molecule has 0 aliphatic rings. The number of hydrogen-bond donors (Lipinski definition) is 2. The molecule has 0 saturated carbocycles. The maximum absolute atomic E-state index is 11.2. The summed E-state index contributed by atoms with van der Waals surface area (Å²) >= 11 is 0. The van der Waals surface area contributed by atoms with Gasteiger partial charge in [-0.25, -0.2) is 0 Å². The molecule has 1 aromatic heterocycles. The highest BCUT2D eigenvalue weighted by Crippen LogP contribution is 2.18. The van der Waals surface area contributed by atoms with Gasteiger partial charge in [-0.2, -0.15) is 4.98 Å². The van der Waals surface area contributed by atoms with Gasteiger partial charge in [0.15, 0.2) is 5.82 Å². The molecule has 0 radical (unpaired) electrons. The normalized spacial score (nSPS) is 13.9. The second-order valence-corrected chi connectivity index (χ2v) is 5.23. The predicted octanol–water partition coefficient (Wildman–Crippen LogP) is 2.39. The van der Waals surface area contributed by atoms with Gasteiger partial charge in [-0.05, 0) is 32.4 Å². The maximum Gasteiger partial charge on any atom is 0.323 e. The molecule has 112 valence electrons. The Morgan fingerprint density at radius 2 is 2.05 bits per heavy atom. The Balaban J connectivity index is 2.07. The molecule has 1 unspecified atom stereocenters. The molecule has 2 rings (SSSR count). The number of aromatic nitrogens is 2. The summed E-state index contributed by atoms with van der Waals surface area (Å²) in [5.74, 6) is -0.0286. The van der Waals surface area contributed by atoms with Crippen LogP contribution in [0.5, 0.6) is 0 Å². The number of aliphatic carboxylic acids is 1. The van der Waals surface area contributed by atoms with Crippen molar-refractivity contribution in [3.8, 4) is 11.5 Å². The second-order valence-electron chi connectivity index (χ2n) is 5.23. The summed E-state index contributed by atoms with van der Waals surface area (Å²) in [4.78, 5) is 15.5. The number of rotatable bonds is 6. The van der Waals surface area contributed by atoms with E-state index >= 15 is 0 Å². The molecule has 0 amide bonds. The molecule has 1 aromatic carbocycles. The Kier molecular flexibility index (Phi) is 4.37. The SMILES string of the molecule is CCC(C)(NCc1noc(-c2ccc(C)cc2)n1)C(=O)O. The van der Waals surface area contributed by atoms with E-state index in [0.717, 1.165) is 11.1 Å². The average molecular weight is 289 g/mol. The van der Waals surface area contributed by atoms with Crippen LogP contribution in [0.2, 0.25) is 0 Å². The van der Waals surface area contributed by atoms with Gasteiger partial charge >= 0.3 is 5.97 Å². The molecule has 0 bridgehead atoms. The van der Waals surface area contributed by atoms with Crippen LogP contribution in [0, 0.1) is 6.92 Å². The Hall–Kier alpha value is -2.21. The number of nitrogens with one attached hydrogen (secondary N) is 1. The lowest BCUT2D eigenvalue weighted by atomic mass is 9.99. The number of benzene rings is 1. The molecule has 2 aromatic rings. The summed E-state index contributed by atoms with van der Waals surface area (Å²) in [6, 6.07) is 7.76. The van der Waals surface area contributed by atoms with Gasteiger partial charge in [0.25, 0.3) is 5.89 Å². The molecule has 21 heavy (non-hydrogen) atoms. The second kappa shape index (κ2) is 6.05. The first-order chi connectivity index (χ1) is 9.94. The molecule has 2 N–H and O–H groups in total. The zero-order chi connectivity index (χ0) is 15.5. The first-order valence-corrected chi connectivity index (χ1v) is 6.82. The first kappa shape index (κ1) is 15.2. The van der Waals surface area contributed by atoms with E-state index in [1.807, 2.05) is 38.1 Å². The van der Waals surface area contributed by atoms with Gasteiger partial charge < -0.3 is 9.63 Å². The molecular weight excluding hydrogens is 270 g/mol. The summed E-state index contributed by atoms with van der Waals surface area (Å²) in [7, 11) is 0. The van der Waals surface area contributed by atoms with Gasteiger partial charge in [-0.3, -0.25) is 10.1 Å². The standard InChI is InChI=1S/C15H19N3O3/c1-4-15(3,14(19)20)16-9-12-17-13(21-18-12)11-7-5-10(2)6-8-11/h5-8,16H,4,9H2,1-3H3,(H,19,20). The summed E-state index contributed by atoms with van der Waals surface area (Å²) in [5, 5.41) is 16.0. The molecule has 0 fully saturated rings. The van der Waals surface area contributed by atoms with Crippen molar-refractivity contribution < 1.29 is 14.4 Å². The Morgan fingerprint density at radius 1 is 1.38 bits per heavy atom. The van der Waals surface area contributed by atoms with E-state index in [4.69, 9.17) is 4.52 Å². The van der Waals surface area contributed by atoms with Gasteiger partial charge in [0.2, 0.25) is 0 Å². The summed E-state index contributed by atoms with van der Waals surface area (Å²) < 4.78 is 5.20. The molecule has 0 saturated heterocycles. The van der Waals surface area contributed by atoms with Crippen LogP contribution in [-0.4, -0.2) is 26.8 Å².